The van der Waals surface area contributed by atoms with Gasteiger partial charge in [-0.3, -0.25) is 9.59 Å². The summed E-state index contributed by atoms with van der Waals surface area (Å²) in [6.45, 7) is 2.90. The Morgan fingerprint density at radius 2 is 1.89 bits per heavy atom. The van der Waals surface area contributed by atoms with Gasteiger partial charge in [0.1, 0.15) is 11.9 Å². The number of alkyl halides is 2. The lowest BCUT2D eigenvalue weighted by Crippen LogP contribution is -2.32. The fraction of sp³-hybridized carbons (Fsp3) is 0.500. The van der Waals surface area contributed by atoms with Crippen LogP contribution in [0.4, 0.5) is 19.0 Å². The van der Waals surface area contributed by atoms with Crippen molar-refractivity contribution in [1.29, 1.82) is 0 Å². The Kier molecular flexibility index (Phi) is 6.84. The third kappa shape index (κ3) is 4.66. The third-order valence-electron chi connectivity index (χ3n) is 7.24. The van der Waals surface area contributed by atoms with E-state index >= 15 is 13.2 Å². The van der Waals surface area contributed by atoms with Crippen molar-refractivity contribution in [2.75, 3.05) is 25.1 Å². The minimum atomic E-state index is -3.47. The fourth-order valence-electron chi connectivity index (χ4n) is 5.15. The Bertz CT molecular complexity index is 1430. The van der Waals surface area contributed by atoms with Crippen LogP contribution >= 0.6 is 0 Å². The molecule has 0 aliphatic carbocycles. The zero-order chi connectivity index (χ0) is 26.3. The third-order valence-corrected chi connectivity index (χ3v) is 7.24. The van der Waals surface area contributed by atoms with E-state index in [9.17, 15) is 9.59 Å². The molecule has 0 saturated carbocycles. The lowest BCUT2D eigenvalue weighted by atomic mass is 9.96. The number of hydrogen-bond acceptors (Lipinski definition) is 6. The number of ether oxygens (including phenoxy) is 2. The van der Waals surface area contributed by atoms with Crippen LogP contribution in [-0.2, 0) is 22.4 Å². The number of rotatable bonds is 6. The minimum absolute atomic E-state index is 0.0247. The summed E-state index contributed by atoms with van der Waals surface area (Å²) in [7, 11) is 1.45. The zero-order valence-corrected chi connectivity index (χ0v) is 20.7. The number of hydrogen-bond donors (Lipinski definition) is 1. The molecule has 0 amide bonds. The van der Waals surface area contributed by atoms with E-state index in [2.05, 4.69) is 10.4 Å². The number of halogens is 3. The number of aryl methyl sites for hydroxylation is 1. The number of benzene rings is 1. The molecule has 0 spiro atoms. The summed E-state index contributed by atoms with van der Waals surface area (Å²) in [5, 5.41) is 7.95. The molecule has 5 rings (SSSR count). The van der Waals surface area contributed by atoms with Gasteiger partial charge in [-0.25, -0.2) is 9.07 Å². The normalized spacial score (nSPS) is 19.9. The predicted octanol–water partition coefficient (Wildman–Crippen LogP) is 4.03. The van der Waals surface area contributed by atoms with Crippen LogP contribution in [0, 0.1) is 5.82 Å². The van der Waals surface area contributed by atoms with Crippen molar-refractivity contribution in [3.8, 4) is 0 Å². The second kappa shape index (κ2) is 9.94. The minimum Gasteiger partial charge on any atom is -0.381 e. The Hall–Kier alpha value is -3.18. The average molecular weight is 519 g/mol. The Balaban J connectivity index is 1.53. The van der Waals surface area contributed by atoms with Crippen LogP contribution in [0.25, 0.3) is 10.8 Å². The molecule has 4 heterocycles. The molecule has 1 unspecified atom stereocenters. The fourth-order valence-corrected chi connectivity index (χ4v) is 5.15. The van der Waals surface area contributed by atoms with Gasteiger partial charge in [0.2, 0.25) is 0 Å². The largest absolute Gasteiger partial charge is 0.381 e. The molecule has 2 aromatic heterocycles. The highest BCUT2D eigenvalue weighted by Gasteiger charge is 2.46. The first-order valence-electron chi connectivity index (χ1n) is 12.4. The van der Waals surface area contributed by atoms with Crippen LogP contribution in [0.15, 0.2) is 40.1 Å². The summed E-state index contributed by atoms with van der Waals surface area (Å²) in [6.07, 6.45) is 2.20. The molecule has 2 atom stereocenters. The smallest absolute Gasteiger partial charge is 0.301 e. The number of fused-ring (bicyclic) bond motifs is 1. The first-order valence-corrected chi connectivity index (χ1v) is 12.4. The van der Waals surface area contributed by atoms with Gasteiger partial charge in [-0.1, -0.05) is 12.1 Å². The highest BCUT2D eigenvalue weighted by molar-refractivity contribution is 5.90. The van der Waals surface area contributed by atoms with E-state index < -0.39 is 35.0 Å². The molecule has 11 heteroatoms. The van der Waals surface area contributed by atoms with Gasteiger partial charge in [-0.05, 0) is 38.7 Å². The molecule has 2 saturated heterocycles. The maximum Gasteiger partial charge on any atom is 0.301 e. The van der Waals surface area contributed by atoms with Crippen LogP contribution in [0.5, 0.6) is 0 Å². The summed E-state index contributed by atoms with van der Waals surface area (Å²) in [5.74, 6) is -4.25. The molecule has 1 aromatic carbocycles. The van der Waals surface area contributed by atoms with Crippen LogP contribution in [0.1, 0.15) is 55.8 Å². The maximum absolute atomic E-state index is 15.5. The molecule has 198 valence electrons. The van der Waals surface area contributed by atoms with E-state index in [1.807, 2.05) is 0 Å². The summed E-state index contributed by atoms with van der Waals surface area (Å²) < 4.78 is 58.9. The molecule has 8 nitrogen and oxygen atoms in total. The van der Waals surface area contributed by atoms with Crippen molar-refractivity contribution in [1.82, 2.24) is 14.3 Å². The Morgan fingerprint density at radius 1 is 1.14 bits per heavy atom. The van der Waals surface area contributed by atoms with Gasteiger partial charge in [0.05, 0.1) is 17.0 Å². The topological polar surface area (TPSA) is 87.4 Å². The Labute approximate surface area is 211 Å². The molecule has 1 N–H and O–H groups in total. The van der Waals surface area contributed by atoms with E-state index in [-0.39, 0.29) is 41.4 Å². The van der Waals surface area contributed by atoms with E-state index in [0.29, 0.717) is 37.9 Å². The monoisotopic (exact) mass is 518 g/mol. The molecule has 0 radical (unpaired) electrons. The van der Waals surface area contributed by atoms with Gasteiger partial charge in [0.25, 0.3) is 11.1 Å². The van der Waals surface area contributed by atoms with Crippen molar-refractivity contribution in [3.05, 3.63) is 68.1 Å². The van der Waals surface area contributed by atoms with Crippen LogP contribution in [-0.4, -0.2) is 40.3 Å². The molecule has 0 bridgehead atoms. The average Bonchev–Trinajstić information content (AvgIpc) is 3.43. The van der Waals surface area contributed by atoms with Crippen LogP contribution < -0.4 is 16.4 Å². The molecule has 2 aliphatic heterocycles. The second-order valence-electron chi connectivity index (χ2n) is 9.67. The Morgan fingerprint density at radius 3 is 2.59 bits per heavy atom. The van der Waals surface area contributed by atoms with Crippen LogP contribution in [0.3, 0.4) is 0 Å². The lowest BCUT2D eigenvalue weighted by molar-refractivity contribution is -0.124. The lowest BCUT2D eigenvalue weighted by Gasteiger charge is -2.26. The molecular weight excluding hydrogens is 489 g/mol. The number of aromatic nitrogens is 3. The highest BCUT2D eigenvalue weighted by Crippen LogP contribution is 2.41. The number of anilines is 1. The molecule has 2 fully saturated rings. The molecular formula is C26H29F3N4O4. The van der Waals surface area contributed by atoms with Gasteiger partial charge < -0.3 is 19.4 Å². The first-order chi connectivity index (χ1) is 17.7. The zero-order valence-electron chi connectivity index (χ0n) is 20.7. The van der Waals surface area contributed by atoms with Crippen LogP contribution in [0.2, 0.25) is 0 Å². The summed E-state index contributed by atoms with van der Waals surface area (Å²) in [4.78, 5) is 25.6. The summed E-state index contributed by atoms with van der Waals surface area (Å²) in [6, 6.07) is 4.33. The number of nitrogens with zero attached hydrogens (tertiary/aromatic N) is 3. The van der Waals surface area contributed by atoms with E-state index in [1.165, 1.54) is 25.2 Å². The number of nitrogens with one attached hydrogen (secondary N) is 1. The van der Waals surface area contributed by atoms with Crippen molar-refractivity contribution < 1.29 is 22.6 Å². The molecule has 2 aliphatic rings. The van der Waals surface area contributed by atoms with E-state index in [0.717, 1.165) is 10.7 Å². The quantitative estimate of drug-likeness (QED) is 0.530. The van der Waals surface area contributed by atoms with Gasteiger partial charge >= 0.3 is 5.92 Å². The van der Waals surface area contributed by atoms with Crippen molar-refractivity contribution >= 4 is 16.6 Å². The number of pyridine rings is 1. The maximum atomic E-state index is 15.5. The summed E-state index contributed by atoms with van der Waals surface area (Å²) >= 11 is 0. The SMILES string of the molecule is CC(Nc1nn(C)c(=O)c2cc(=O)n(C3CCOCC3)cc12)c1cccc(C(F)(F)[C@@H]2CCCO2)c1F. The summed E-state index contributed by atoms with van der Waals surface area (Å²) in [5.41, 5.74) is -1.44. The van der Waals surface area contributed by atoms with Crippen molar-refractivity contribution in [2.45, 2.75) is 56.7 Å². The van der Waals surface area contributed by atoms with Gasteiger partial charge in [-0.2, -0.15) is 13.9 Å². The second-order valence-corrected chi connectivity index (χ2v) is 9.67. The van der Waals surface area contributed by atoms with Crippen molar-refractivity contribution in [2.24, 2.45) is 7.05 Å². The predicted molar refractivity (Wildman–Crippen MR) is 132 cm³/mol. The van der Waals surface area contributed by atoms with E-state index in [4.69, 9.17) is 9.47 Å². The van der Waals surface area contributed by atoms with Crippen molar-refractivity contribution in [3.63, 3.8) is 0 Å². The standard InChI is InChI=1S/C26H29F3N4O4/c1-15(17-5-3-6-20(23(17)27)26(28,29)21-7-4-10-37-21)30-24-19-14-33(16-8-11-36-12-9-16)22(34)13-18(19)25(35)32(2)31-24/h3,5-6,13-16,21H,4,7-12H2,1-2H3,(H,30,31)/t15?,21-/m0/s1. The van der Waals surface area contributed by atoms with Gasteiger partial charge in [0.15, 0.2) is 5.82 Å². The van der Waals surface area contributed by atoms with Gasteiger partial charge in [0, 0.05) is 56.1 Å². The highest BCUT2D eigenvalue weighted by atomic mass is 19.3. The first kappa shape index (κ1) is 25.5. The molecule has 37 heavy (non-hydrogen) atoms. The molecule has 3 aromatic rings. The van der Waals surface area contributed by atoms with E-state index in [1.54, 1.807) is 17.7 Å². The van der Waals surface area contributed by atoms with Gasteiger partial charge in [-0.15, -0.1) is 0 Å².